The number of ether oxygens (including phenoxy) is 1. The minimum Gasteiger partial charge on any atom is -0.449 e. The maximum atomic E-state index is 13.0. The summed E-state index contributed by atoms with van der Waals surface area (Å²) in [5.74, 6) is 0.104. The second kappa shape index (κ2) is 9.62. The molecule has 1 saturated carbocycles. The predicted molar refractivity (Wildman–Crippen MR) is 110 cm³/mol. The Morgan fingerprint density at radius 2 is 1.93 bits per heavy atom. The van der Waals surface area contributed by atoms with Crippen molar-refractivity contribution in [1.29, 1.82) is 0 Å². The van der Waals surface area contributed by atoms with Crippen LogP contribution in [-0.4, -0.2) is 35.7 Å². The van der Waals surface area contributed by atoms with E-state index in [4.69, 9.17) is 4.74 Å². The van der Waals surface area contributed by atoms with Crippen LogP contribution in [0.25, 0.3) is 10.9 Å². The third kappa shape index (κ3) is 5.50. The number of fused-ring (bicyclic) bond motifs is 1. The van der Waals surface area contributed by atoms with E-state index in [9.17, 15) is 9.59 Å². The summed E-state index contributed by atoms with van der Waals surface area (Å²) < 4.78 is 5.24. The van der Waals surface area contributed by atoms with Gasteiger partial charge in [0.15, 0.2) is 0 Å². The molecule has 1 fully saturated rings. The Morgan fingerprint density at radius 1 is 1.18 bits per heavy atom. The van der Waals surface area contributed by atoms with Crippen LogP contribution in [0.15, 0.2) is 30.5 Å². The topological polar surface area (TPSA) is 83.2 Å². The van der Waals surface area contributed by atoms with E-state index < -0.39 is 12.1 Å². The molecule has 6 heteroatoms. The van der Waals surface area contributed by atoms with Gasteiger partial charge < -0.3 is 20.4 Å². The highest BCUT2D eigenvalue weighted by Crippen LogP contribution is 2.20. The minimum absolute atomic E-state index is 0.140. The number of hydrogen-bond acceptors (Lipinski definition) is 3. The Labute approximate surface area is 166 Å². The van der Waals surface area contributed by atoms with Crippen molar-refractivity contribution < 1.29 is 14.3 Å². The molecule has 1 aliphatic rings. The molecule has 0 aliphatic heterocycles. The first kappa shape index (κ1) is 20.2. The van der Waals surface area contributed by atoms with Crippen molar-refractivity contribution in [3.05, 3.63) is 36.0 Å². The van der Waals surface area contributed by atoms with Crippen molar-refractivity contribution in [1.82, 2.24) is 15.6 Å². The molecule has 1 aromatic carbocycles. The van der Waals surface area contributed by atoms with Crippen molar-refractivity contribution in [3.8, 4) is 0 Å². The number of carbonyl (C=O) groups excluding carboxylic acids is 2. The van der Waals surface area contributed by atoms with Gasteiger partial charge in [0.1, 0.15) is 6.04 Å². The molecule has 2 aromatic rings. The molecule has 0 bridgehead atoms. The zero-order valence-corrected chi connectivity index (χ0v) is 16.8. The summed E-state index contributed by atoms with van der Waals surface area (Å²) >= 11 is 0. The maximum Gasteiger partial charge on any atom is 0.407 e. The van der Waals surface area contributed by atoms with Crippen LogP contribution in [0.1, 0.15) is 51.5 Å². The first-order valence-electron chi connectivity index (χ1n) is 10.3. The largest absolute Gasteiger partial charge is 0.449 e. The summed E-state index contributed by atoms with van der Waals surface area (Å²) in [6.07, 6.45) is 7.30. The molecule has 2 amide bonds. The average Bonchev–Trinajstić information content (AvgIpc) is 3.09. The second-order valence-corrected chi connectivity index (χ2v) is 8.10. The fourth-order valence-corrected chi connectivity index (χ4v) is 3.70. The molecule has 0 spiro atoms. The Hall–Kier alpha value is -2.50. The zero-order valence-electron chi connectivity index (χ0n) is 16.8. The Kier molecular flexibility index (Phi) is 6.95. The molecular weight excluding hydrogens is 354 g/mol. The number of H-pyrrole nitrogens is 1. The van der Waals surface area contributed by atoms with Gasteiger partial charge in [-0.3, -0.25) is 4.79 Å². The summed E-state index contributed by atoms with van der Waals surface area (Å²) in [7, 11) is 0. The summed E-state index contributed by atoms with van der Waals surface area (Å²) in [6, 6.07) is 7.49. The highest BCUT2D eigenvalue weighted by Gasteiger charge is 2.26. The Bertz CT molecular complexity index is 793. The lowest BCUT2D eigenvalue weighted by molar-refractivity contribution is -0.124. The van der Waals surface area contributed by atoms with Crippen LogP contribution in [0.4, 0.5) is 4.79 Å². The summed E-state index contributed by atoms with van der Waals surface area (Å²) in [5.41, 5.74) is 2.02. The smallest absolute Gasteiger partial charge is 0.407 e. The van der Waals surface area contributed by atoms with E-state index >= 15 is 0 Å². The SMILES string of the molecule is CC(C)COC(=O)NC(Cc1c[nH]c2ccccc12)C(=O)NC1CCCCC1. The van der Waals surface area contributed by atoms with Crippen molar-refractivity contribution >= 4 is 22.9 Å². The van der Waals surface area contributed by atoms with Gasteiger partial charge in [0.25, 0.3) is 0 Å². The van der Waals surface area contributed by atoms with E-state index in [1.807, 2.05) is 44.3 Å². The van der Waals surface area contributed by atoms with Gasteiger partial charge in [-0.2, -0.15) is 0 Å². The van der Waals surface area contributed by atoms with Crippen molar-refractivity contribution in [3.63, 3.8) is 0 Å². The number of aromatic nitrogens is 1. The number of para-hydroxylation sites is 1. The predicted octanol–water partition coefficient (Wildman–Crippen LogP) is 3.91. The molecular formula is C22H31N3O3. The van der Waals surface area contributed by atoms with Gasteiger partial charge in [-0.25, -0.2) is 4.79 Å². The first-order valence-corrected chi connectivity index (χ1v) is 10.3. The molecule has 3 rings (SSSR count). The summed E-state index contributed by atoms with van der Waals surface area (Å²) in [5, 5.41) is 6.97. The number of carbonyl (C=O) groups is 2. The summed E-state index contributed by atoms with van der Waals surface area (Å²) in [6.45, 7) is 4.29. The lowest BCUT2D eigenvalue weighted by atomic mass is 9.95. The van der Waals surface area contributed by atoms with E-state index in [-0.39, 0.29) is 17.9 Å². The monoisotopic (exact) mass is 385 g/mol. The molecule has 1 aromatic heterocycles. The average molecular weight is 386 g/mol. The van der Waals surface area contributed by atoms with Crippen LogP contribution in [0, 0.1) is 5.92 Å². The number of benzene rings is 1. The minimum atomic E-state index is -0.666. The highest BCUT2D eigenvalue weighted by atomic mass is 16.5. The number of nitrogens with one attached hydrogen (secondary N) is 3. The van der Waals surface area contributed by atoms with E-state index in [0.29, 0.717) is 13.0 Å². The highest BCUT2D eigenvalue weighted by molar-refractivity contribution is 5.88. The van der Waals surface area contributed by atoms with Crippen LogP contribution in [0.5, 0.6) is 0 Å². The van der Waals surface area contributed by atoms with Crippen molar-refractivity contribution in [2.45, 2.75) is 64.5 Å². The Balaban J connectivity index is 1.71. The molecule has 0 radical (unpaired) electrons. The molecule has 152 valence electrons. The quantitative estimate of drug-likeness (QED) is 0.676. The third-order valence-electron chi connectivity index (χ3n) is 5.21. The fraction of sp³-hybridized carbons (Fsp3) is 0.545. The summed E-state index contributed by atoms with van der Waals surface area (Å²) in [4.78, 5) is 28.4. The lowest BCUT2D eigenvalue weighted by Crippen LogP contribution is -2.51. The van der Waals surface area contributed by atoms with Gasteiger partial charge in [0.2, 0.25) is 5.91 Å². The van der Waals surface area contributed by atoms with E-state index in [0.717, 1.165) is 42.1 Å². The van der Waals surface area contributed by atoms with Crippen LogP contribution in [-0.2, 0) is 16.0 Å². The maximum absolute atomic E-state index is 13.0. The van der Waals surface area contributed by atoms with Gasteiger partial charge in [-0.15, -0.1) is 0 Å². The number of alkyl carbamates (subject to hydrolysis) is 1. The molecule has 1 atom stereocenters. The fourth-order valence-electron chi connectivity index (χ4n) is 3.70. The van der Waals surface area contributed by atoms with Gasteiger partial charge in [0.05, 0.1) is 6.61 Å². The van der Waals surface area contributed by atoms with Gasteiger partial charge in [-0.05, 0) is 30.4 Å². The van der Waals surface area contributed by atoms with Crippen LogP contribution in [0.2, 0.25) is 0 Å². The lowest BCUT2D eigenvalue weighted by Gasteiger charge is -2.26. The van der Waals surface area contributed by atoms with Gasteiger partial charge >= 0.3 is 6.09 Å². The molecule has 1 aliphatic carbocycles. The first-order chi connectivity index (χ1) is 13.5. The van der Waals surface area contributed by atoms with Crippen LogP contribution >= 0.6 is 0 Å². The van der Waals surface area contributed by atoms with Crippen molar-refractivity contribution in [2.75, 3.05) is 6.61 Å². The Morgan fingerprint density at radius 3 is 2.68 bits per heavy atom. The number of rotatable bonds is 7. The molecule has 0 saturated heterocycles. The van der Waals surface area contributed by atoms with E-state index in [2.05, 4.69) is 15.6 Å². The zero-order chi connectivity index (χ0) is 19.9. The van der Waals surface area contributed by atoms with Gasteiger partial charge in [0, 0.05) is 29.6 Å². The third-order valence-corrected chi connectivity index (χ3v) is 5.21. The standard InChI is InChI=1S/C22H31N3O3/c1-15(2)14-28-22(27)25-20(21(26)24-17-8-4-3-5-9-17)12-16-13-23-19-11-7-6-10-18(16)19/h6-7,10-11,13,15,17,20,23H,3-5,8-9,12,14H2,1-2H3,(H,24,26)(H,25,27). The molecule has 1 unspecified atom stereocenters. The molecule has 1 heterocycles. The molecule has 28 heavy (non-hydrogen) atoms. The van der Waals surface area contributed by atoms with Crippen LogP contribution in [0.3, 0.4) is 0 Å². The van der Waals surface area contributed by atoms with E-state index in [1.54, 1.807) is 0 Å². The van der Waals surface area contributed by atoms with Crippen LogP contribution < -0.4 is 10.6 Å². The number of hydrogen-bond donors (Lipinski definition) is 3. The number of aromatic amines is 1. The van der Waals surface area contributed by atoms with Crippen molar-refractivity contribution in [2.24, 2.45) is 5.92 Å². The molecule has 6 nitrogen and oxygen atoms in total. The normalized spacial score (nSPS) is 16.1. The molecule has 3 N–H and O–H groups in total. The van der Waals surface area contributed by atoms with E-state index in [1.165, 1.54) is 6.42 Å². The van der Waals surface area contributed by atoms with Gasteiger partial charge in [-0.1, -0.05) is 51.3 Å². The number of amides is 2. The second-order valence-electron chi connectivity index (χ2n) is 8.10.